The van der Waals surface area contributed by atoms with Crippen LogP contribution in [0.2, 0.25) is 0 Å². The number of halogens is 4. The van der Waals surface area contributed by atoms with Gasteiger partial charge in [0, 0.05) is 26.2 Å². The zero-order valence-corrected chi connectivity index (χ0v) is 11.8. The van der Waals surface area contributed by atoms with Crippen LogP contribution in [-0.2, 0) is 26.2 Å². The van der Waals surface area contributed by atoms with E-state index in [0.717, 1.165) is 24.3 Å². The van der Waals surface area contributed by atoms with Crippen molar-refractivity contribution in [1.82, 2.24) is 0 Å². The minimum Gasteiger partial charge on any atom is -0.505 e. The summed E-state index contributed by atoms with van der Waals surface area (Å²) in [6, 6.07) is 6.50. The van der Waals surface area contributed by atoms with E-state index in [0.29, 0.717) is 0 Å². The van der Waals surface area contributed by atoms with Crippen LogP contribution in [0.1, 0.15) is 0 Å². The quantitative estimate of drug-likeness (QED) is 0.715. The minimum atomic E-state index is -1.20. The van der Waals surface area contributed by atoms with Gasteiger partial charge in [0.25, 0.3) is 0 Å². The Kier molecular flexibility index (Phi) is 7.38. The van der Waals surface area contributed by atoms with Crippen LogP contribution < -0.4 is 0 Å². The molecule has 0 amide bonds. The number of hydrogen-bond donors (Lipinski definition) is 2. The largest absolute Gasteiger partial charge is 0.505 e. The first-order chi connectivity index (χ1) is 8.43. The zero-order chi connectivity index (χ0) is 13.7. The standard InChI is InChI=1S/2C6H4F2O.Zr/c2*7-4-2-1-3-5(9)6(4)8;/h2*1-3,9H;. The Labute approximate surface area is 125 Å². The molecule has 0 aromatic heterocycles. The van der Waals surface area contributed by atoms with Gasteiger partial charge < -0.3 is 10.2 Å². The Balaban J connectivity index is 0.000000324. The monoisotopic (exact) mass is 350 g/mol. The van der Waals surface area contributed by atoms with Crippen LogP contribution in [-0.4, -0.2) is 10.2 Å². The molecule has 2 aromatic carbocycles. The molecule has 0 saturated heterocycles. The molecule has 0 saturated carbocycles. The van der Waals surface area contributed by atoms with Crippen LogP contribution in [0.15, 0.2) is 36.4 Å². The number of rotatable bonds is 0. The summed E-state index contributed by atoms with van der Waals surface area (Å²) in [5, 5.41) is 17.0. The molecule has 2 N–H and O–H groups in total. The Morgan fingerprint density at radius 2 is 0.947 bits per heavy atom. The van der Waals surface area contributed by atoms with Crippen molar-refractivity contribution in [3.63, 3.8) is 0 Å². The van der Waals surface area contributed by atoms with Crippen LogP contribution in [0.5, 0.6) is 11.5 Å². The molecule has 2 aromatic rings. The van der Waals surface area contributed by atoms with Crippen LogP contribution in [0.3, 0.4) is 0 Å². The van der Waals surface area contributed by atoms with E-state index in [2.05, 4.69) is 0 Å². The molecule has 0 aliphatic rings. The summed E-state index contributed by atoms with van der Waals surface area (Å²) >= 11 is 0. The molecule has 2 nitrogen and oxygen atoms in total. The zero-order valence-electron chi connectivity index (χ0n) is 9.37. The average molecular weight is 351 g/mol. The minimum absolute atomic E-state index is 0. The van der Waals surface area contributed by atoms with E-state index >= 15 is 0 Å². The average Bonchev–Trinajstić information content (AvgIpc) is 2.34. The fourth-order valence-electron chi connectivity index (χ4n) is 0.985. The topological polar surface area (TPSA) is 40.5 Å². The van der Waals surface area contributed by atoms with Gasteiger partial charge in [0.15, 0.2) is 34.8 Å². The van der Waals surface area contributed by atoms with E-state index in [4.69, 9.17) is 10.2 Å². The first kappa shape index (κ1) is 17.6. The van der Waals surface area contributed by atoms with Crippen molar-refractivity contribution in [3.05, 3.63) is 59.7 Å². The predicted octanol–water partition coefficient (Wildman–Crippen LogP) is 3.34. The molecule has 0 unspecified atom stereocenters. The second-order valence-corrected chi connectivity index (χ2v) is 3.15. The summed E-state index contributed by atoms with van der Waals surface area (Å²) in [4.78, 5) is 0. The number of aromatic hydroxyl groups is 2. The van der Waals surface area contributed by atoms with Crippen molar-refractivity contribution in [2.75, 3.05) is 0 Å². The van der Waals surface area contributed by atoms with Crippen molar-refractivity contribution in [2.45, 2.75) is 0 Å². The van der Waals surface area contributed by atoms with Gasteiger partial charge in [0.2, 0.25) is 0 Å². The fourth-order valence-corrected chi connectivity index (χ4v) is 0.985. The van der Waals surface area contributed by atoms with Gasteiger partial charge in [0.1, 0.15) is 0 Å². The maximum Gasteiger partial charge on any atom is 0.200 e. The van der Waals surface area contributed by atoms with Crippen molar-refractivity contribution in [3.8, 4) is 11.5 Å². The van der Waals surface area contributed by atoms with Crippen LogP contribution >= 0.6 is 0 Å². The van der Waals surface area contributed by atoms with E-state index in [1.54, 1.807) is 0 Å². The first-order valence-corrected chi connectivity index (χ1v) is 4.69. The molecule has 0 aliphatic heterocycles. The number of benzene rings is 2. The SMILES string of the molecule is Oc1cccc(F)c1F.Oc1cccc(F)c1F.[Zr]. The van der Waals surface area contributed by atoms with Gasteiger partial charge in [-0.3, -0.25) is 0 Å². The van der Waals surface area contributed by atoms with Crippen LogP contribution in [0.4, 0.5) is 17.6 Å². The van der Waals surface area contributed by atoms with Crippen molar-refractivity contribution >= 4 is 0 Å². The summed E-state index contributed by atoms with van der Waals surface area (Å²) in [6.07, 6.45) is 0. The van der Waals surface area contributed by atoms with Gasteiger partial charge in [-0.1, -0.05) is 12.1 Å². The first-order valence-electron chi connectivity index (χ1n) is 4.69. The molecule has 0 aliphatic carbocycles. The van der Waals surface area contributed by atoms with Gasteiger partial charge in [-0.05, 0) is 24.3 Å². The smallest absolute Gasteiger partial charge is 0.200 e. The molecule has 7 heteroatoms. The van der Waals surface area contributed by atoms with E-state index in [1.165, 1.54) is 12.1 Å². The Morgan fingerprint density at radius 3 is 1.16 bits per heavy atom. The molecule has 100 valence electrons. The molecular weight excluding hydrogens is 343 g/mol. The van der Waals surface area contributed by atoms with E-state index < -0.39 is 34.8 Å². The van der Waals surface area contributed by atoms with Crippen molar-refractivity contribution in [2.24, 2.45) is 0 Å². The van der Waals surface area contributed by atoms with Gasteiger partial charge in [0.05, 0.1) is 0 Å². The maximum atomic E-state index is 12.1. The summed E-state index contributed by atoms with van der Waals surface area (Å²) in [5.41, 5.74) is 0. The Bertz CT molecular complexity index is 459. The van der Waals surface area contributed by atoms with Gasteiger partial charge in [-0.25, -0.2) is 8.78 Å². The molecule has 0 bridgehead atoms. The molecule has 2 rings (SSSR count). The molecule has 0 radical (unpaired) electrons. The summed E-state index contributed by atoms with van der Waals surface area (Å²) in [5.74, 6) is -5.77. The second kappa shape index (κ2) is 7.94. The van der Waals surface area contributed by atoms with Gasteiger partial charge in [-0.15, -0.1) is 0 Å². The third-order valence-corrected chi connectivity index (χ3v) is 1.86. The molecule has 0 fully saturated rings. The number of phenols is 2. The third kappa shape index (κ3) is 5.03. The summed E-state index contributed by atoms with van der Waals surface area (Å²) in [6.45, 7) is 0. The van der Waals surface area contributed by atoms with Crippen LogP contribution in [0, 0.1) is 23.3 Å². The third-order valence-electron chi connectivity index (χ3n) is 1.86. The number of phenolic OH excluding ortho intramolecular Hbond substituents is 2. The normalized spacial score (nSPS) is 9.05. The van der Waals surface area contributed by atoms with Crippen molar-refractivity contribution in [1.29, 1.82) is 0 Å². The van der Waals surface area contributed by atoms with Crippen molar-refractivity contribution < 1.29 is 54.0 Å². The maximum absolute atomic E-state index is 12.1. The van der Waals surface area contributed by atoms with Gasteiger partial charge >= 0.3 is 0 Å². The van der Waals surface area contributed by atoms with E-state index in [1.807, 2.05) is 0 Å². The predicted molar refractivity (Wildman–Crippen MR) is 56.0 cm³/mol. The van der Waals surface area contributed by atoms with E-state index in [-0.39, 0.29) is 26.2 Å². The molecule has 19 heavy (non-hydrogen) atoms. The molecule has 0 spiro atoms. The summed E-state index contributed by atoms with van der Waals surface area (Å²) < 4.78 is 48.3. The van der Waals surface area contributed by atoms with E-state index in [9.17, 15) is 17.6 Å². The number of hydrogen-bond acceptors (Lipinski definition) is 2. The molecular formula is C12H8F4O2Zr. The Hall–Kier alpha value is -1.36. The molecule has 0 heterocycles. The van der Waals surface area contributed by atoms with Gasteiger partial charge in [-0.2, -0.15) is 8.78 Å². The fraction of sp³-hybridized carbons (Fsp3) is 0. The van der Waals surface area contributed by atoms with Crippen LogP contribution in [0.25, 0.3) is 0 Å². The Morgan fingerprint density at radius 1 is 0.632 bits per heavy atom. The second-order valence-electron chi connectivity index (χ2n) is 3.15. The molecule has 0 atom stereocenters. The summed E-state index contributed by atoms with van der Waals surface area (Å²) in [7, 11) is 0.